The number of carbonyl (C=O) groups is 3. The van der Waals surface area contributed by atoms with Crippen molar-refractivity contribution in [1.29, 1.82) is 0 Å². The SMILES string of the molecule is COc1cccc([C@@H](C(=O)NC2CCCCC2)N(C(=O)Cn2nnc3ccccc32)c2ccc(C(C)=O)cc2)c1. The van der Waals surface area contributed by atoms with E-state index >= 15 is 0 Å². The van der Waals surface area contributed by atoms with Gasteiger partial charge in [0.25, 0.3) is 0 Å². The van der Waals surface area contributed by atoms with Crippen LogP contribution in [0.5, 0.6) is 5.75 Å². The number of anilines is 1. The molecule has 2 amide bonds. The van der Waals surface area contributed by atoms with Crippen LogP contribution in [0.1, 0.15) is 61.0 Å². The highest BCUT2D eigenvalue weighted by molar-refractivity contribution is 6.02. The van der Waals surface area contributed by atoms with E-state index in [0.717, 1.165) is 32.1 Å². The molecule has 0 saturated heterocycles. The van der Waals surface area contributed by atoms with Gasteiger partial charge >= 0.3 is 0 Å². The molecule has 1 aliphatic carbocycles. The van der Waals surface area contributed by atoms with Crippen molar-refractivity contribution in [3.63, 3.8) is 0 Å². The number of rotatable bonds is 9. The monoisotopic (exact) mass is 539 g/mol. The maximum Gasteiger partial charge on any atom is 0.249 e. The van der Waals surface area contributed by atoms with Crippen molar-refractivity contribution in [1.82, 2.24) is 20.3 Å². The van der Waals surface area contributed by atoms with Gasteiger partial charge in [0.15, 0.2) is 5.78 Å². The molecule has 9 nitrogen and oxygen atoms in total. The summed E-state index contributed by atoms with van der Waals surface area (Å²) < 4.78 is 7.00. The van der Waals surface area contributed by atoms with E-state index < -0.39 is 6.04 Å². The Bertz CT molecular complexity index is 1510. The van der Waals surface area contributed by atoms with Gasteiger partial charge < -0.3 is 10.1 Å². The summed E-state index contributed by atoms with van der Waals surface area (Å²) in [6.07, 6.45) is 5.09. The molecule has 0 unspecified atom stereocenters. The van der Waals surface area contributed by atoms with Gasteiger partial charge in [-0.25, -0.2) is 4.68 Å². The molecule has 0 aliphatic heterocycles. The molecule has 0 radical (unpaired) electrons. The zero-order valence-corrected chi connectivity index (χ0v) is 22.7. The highest BCUT2D eigenvalue weighted by Crippen LogP contribution is 2.32. The average Bonchev–Trinajstić information content (AvgIpc) is 3.38. The summed E-state index contributed by atoms with van der Waals surface area (Å²) in [5, 5.41) is 11.6. The van der Waals surface area contributed by atoms with Gasteiger partial charge in [0, 0.05) is 17.3 Å². The maximum absolute atomic E-state index is 14.2. The molecular weight excluding hydrogens is 506 g/mol. The third kappa shape index (κ3) is 5.88. The molecule has 1 heterocycles. The van der Waals surface area contributed by atoms with Crippen molar-refractivity contribution in [2.45, 2.75) is 57.7 Å². The Balaban J connectivity index is 1.58. The summed E-state index contributed by atoms with van der Waals surface area (Å²) >= 11 is 0. The van der Waals surface area contributed by atoms with Crippen LogP contribution in [0.3, 0.4) is 0 Å². The van der Waals surface area contributed by atoms with Gasteiger partial charge in [0.2, 0.25) is 11.8 Å². The highest BCUT2D eigenvalue weighted by Gasteiger charge is 2.35. The zero-order valence-electron chi connectivity index (χ0n) is 22.7. The molecular formula is C31H33N5O4. The second-order valence-electron chi connectivity index (χ2n) is 10.1. The number of Topliss-reactive ketones (excluding diaryl/α,β-unsaturated/α-hetero) is 1. The maximum atomic E-state index is 14.2. The fourth-order valence-electron chi connectivity index (χ4n) is 5.29. The summed E-state index contributed by atoms with van der Waals surface area (Å²) in [7, 11) is 1.56. The Morgan fingerprint density at radius 1 is 1.00 bits per heavy atom. The lowest BCUT2D eigenvalue weighted by Crippen LogP contribution is -2.48. The van der Waals surface area contributed by atoms with Crippen LogP contribution >= 0.6 is 0 Å². The van der Waals surface area contributed by atoms with Crippen LogP contribution in [0.4, 0.5) is 5.69 Å². The van der Waals surface area contributed by atoms with Crippen LogP contribution < -0.4 is 15.0 Å². The minimum Gasteiger partial charge on any atom is -0.497 e. The van der Waals surface area contributed by atoms with E-state index in [4.69, 9.17) is 4.74 Å². The summed E-state index contributed by atoms with van der Waals surface area (Å²) in [6.45, 7) is 1.36. The first kappa shape index (κ1) is 27.1. The number of hydrogen-bond donors (Lipinski definition) is 1. The van der Waals surface area contributed by atoms with Crippen LogP contribution in [0.2, 0.25) is 0 Å². The number of amides is 2. The molecule has 5 rings (SSSR count). The number of nitrogens with zero attached hydrogens (tertiary/aromatic N) is 4. The second kappa shape index (κ2) is 12.1. The molecule has 1 saturated carbocycles. The third-order valence-electron chi connectivity index (χ3n) is 7.39. The molecule has 1 aromatic heterocycles. The van der Waals surface area contributed by atoms with Gasteiger partial charge in [-0.15, -0.1) is 5.10 Å². The number of ketones is 1. The van der Waals surface area contributed by atoms with Gasteiger partial charge in [-0.05, 0) is 73.9 Å². The van der Waals surface area contributed by atoms with E-state index in [-0.39, 0.29) is 30.2 Å². The summed E-state index contributed by atoms with van der Waals surface area (Å²) in [5.41, 5.74) is 3.01. The van der Waals surface area contributed by atoms with E-state index in [1.807, 2.05) is 36.4 Å². The molecule has 1 aliphatic rings. The van der Waals surface area contributed by atoms with Crippen molar-refractivity contribution >= 4 is 34.3 Å². The normalized spacial score (nSPS) is 14.4. The highest BCUT2D eigenvalue weighted by atomic mass is 16.5. The van der Waals surface area contributed by atoms with Crippen LogP contribution in [0.15, 0.2) is 72.8 Å². The van der Waals surface area contributed by atoms with Crippen LogP contribution in [-0.4, -0.2) is 45.7 Å². The minimum atomic E-state index is -0.984. The number of nitrogens with one attached hydrogen (secondary N) is 1. The minimum absolute atomic E-state index is 0.0469. The van der Waals surface area contributed by atoms with Gasteiger partial charge in [0.1, 0.15) is 23.9 Å². The predicted octanol–water partition coefficient (Wildman–Crippen LogP) is 4.87. The predicted molar refractivity (Wildman–Crippen MR) is 152 cm³/mol. The molecule has 0 bridgehead atoms. The molecule has 1 atom stereocenters. The number of hydrogen-bond acceptors (Lipinski definition) is 6. The largest absolute Gasteiger partial charge is 0.497 e. The molecule has 9 heteroatoms. The number of ether oxygens (including phenoxy) is 1. The van der Waals surface area contributed by atoms with Crippen molar-refractivity contribution in [2.24, 2.45) is 0 Å². The Labute approximate surface area is 233 Å². The Morgan fingerprint density at radius 2 is 1.75 bits per heavy atom. The number of para-hydroxylation sites is 1. The van der Waals surface area contributed by atoms with Gasteiger partial charge in [-0.1, -0.05) is 48.7 Å². The molecule has 206 valence electrons. The fraction of sp³-hybridized carbons (Fsp3) is 0.323. The molecule has 3 aromatic carbocycles. The summed E-state index contributed by atoms with van der Waals surface area (Å²) in [4.78, 5) is 41.8. The topological polar surface area (TPSA) is 106 Å². The van der Waals surface area contributed by atoms with Crippen LogP contribution in [0, 0.1) is 0 Å². The summed E-state index contributed by atoms with van der Waals surface area (Å²) in [5.74, 6) is -0.127. The van der Waals surface area contributed by atoms with E-state index in [9.17, 15) is 14.4 Å². The molecule has 40 heavy (non-hydrogen) atoms. The standard InChI is InChI=1S/C31H33N5O4/c1-21(37)22-15-17-25(18-16-22)36(29(38)20-35-28-14-7-6-13-27(28)33-34-35)30(23-9-8-12-26(19-23)40-2)31(39)32-24-10-4-3-5-11-24/h6-9,12-19,24,30H,3-5,10-11,20H2,1-2H3,(H,32,39)/t30-/m0/s1. The van der Waals surface area contributed by atoms with Crippen molar-refractivity contribution in [3.8, 4) is 5.75 Å². The lowest BCUT2D eigenvalue weighted by molar-refractivity contribution is -0.127. The van der Waals surface area contributed by atoms with Gasteiger partial charge in [-0.2, -0.15) is 0 Å². The third-order valence-corrected chi connectivity index (χ3v) is 7.39. The van der Waals surface area contributed by atoms with Crippen molar-refractivity contribution in [2.75, 3.05) is 12.0 Å². The smallest absolute Gasteiger partial charge is 0.249 e. The Morgan fingerprint density at radius 3 is 2.48 bits per heavy atom. The van der Waals surface area contributed by atoms with E-state index in [1.165, 1.54) is 16.5 Å². The van der Waals surface area contributed by atoms with E-state index in [1.54, 1.807) is 43.5 Å². The zero-order chi connectivity index (χ0) is 28.1. The lowest BCUT2D eigenvalue weighted by atomic mass is 9.94. The van der Waals surface area contributed by atoms with E-state index in [0.29, 0.717) is 33.6 Å². The number of methoxy groups -OCH3 is 1. The number of benzene rings is 3. The molecule has 1 N–H and O–H groups in total. The number of carbonyl (C=O) groups excluding carboxylic acids is 3. The average molecular weight is 540 g/mol. The van der Waals surface area contributed by atoms with Crippen LogP contribution in [0.25, 0.3) is 11.0 Å². The quantitative estimate of drug-likeness (QED) is 0.304. The van der Waals surface area contributed by atoms with E-state index in [2.05, 4.69) is 15.6 Å². The first-order valence-electron chi connectivity index (χ1n) is 13.6. The Kier molecular flexibility index (Phi) is 8.19. The van der Waals surface area contributed by atoms with Gasteiger partial charge in [0.05, 0.1) is 12.6 Å². The fourth-order valence-corrected chi connectivity index (χ4v) is 5.29. The lowest BCUT2D eigenvalue weighted by Gasteiger charge is -2.33. The summed E-state index contributed by atoms with van der Waals surface area (Å²) in [6, 6.07) is 20.4. The molecule has 1 fully saturated rings. The number of aromatic nitrogens is 3. The molecule has 4 aromatic rings. The first-order chi connectivity index (χ1) is 19.4. The number of fused-ring (bicyclic) bond motifs is 1. The second-order valence-corrected chi connectivity index (χ2v) is 10.1. The Hall–Kier alpha value is -4.53. The van der Waals surface area contributed by atoms with Crippen molar-refractivity contribution < 1.29 is 19.1 Å². The first-order valence-corrected chi connectivity index (χ1v) is 13.6. The van der Waals surface area contributed by atoms with Crippen LogP contribution in [-0.2, 0) is 16.1 Å². The van der Waals surface area contributed by atoms with Crippen molar-refractivity contribution in [3.05, 3.63) is 83.9 Å². The molecule has 0 spiro atoms. The van der Waals surface area contributed by atoms with Gasteiger partial charge in [-0.3, -0.25) is 19.3 Å².